The SMILES string of the molecule is Oc1cc(F)cc(Br)c1OCC1CC1. The van der Waals surface area contributed by atoms with Gasteiger partial charge in [-0.15, -0.1) is 0 Å². The third kappa shape index (κ3) is 2.18. The highest BCUT2D eigenvalue weighted by Gasteiger charge is 2.23. The van der Waals surface area contributed by atoms with Gasteiger partial charge in [0.25, 0.3) is 0 Å². The van der Waals surface area contributed by atoms with Gasteiger partial charge < -0.3 is 9.84 Å². The van der Waals surface area contributed by atoms with Crippen LogP contribution < -0.4 is 4.74 Å². The summed E-state index contributed by atoms with van der Waals surface area (Å²) in [5, 5.41) is 9.41. The molecule has 0 aliphatic heterocycles. The molecule has 2 nitrogen and oxygen atoms in total. The molecule has 2 rings (SSSR count). The standard InChI is InChI=1S/C10H10BrFO2/c11-8-3-7(12)4-9(13)10(8)14-5-6-1-2-6/h3-4,6,13H,1-2,5H2. The van der Waals surface area contributed by atoms with Crippen LogP contribution in [0.4, 0.5) is 4.39 Å². The fourth-order valence-corrected chi connectivity index (χ4v) is 1.71. The Labute approximate surface area is 89.8 Å². The topological polar surface area (TPSA) is 29.5 Å². The molecule has 1 aliphatic rings. The van der Waals surface area contributed by atoms with Crippen molar-refractivity contribution in [1.82, 2.24) is 0 Å². The largest absolute Gasteiger partial charge is 0.504 e. The molecule has 0 amide bonds. The van der Waals surface area contributed by atoms with E-state index in [9.17, 15) is 9.50 Å². The summed E-state index contributed by atoms with van der Waals surface area (Å²) in [6, 6.07) is 2.33. The van der Waals surface area contributed by atoms with E-state index in [1.54, 1.807) is 0 Å². The van der Waals surface area contributed by atoms with Gasteiger partial charge in [0.2, 0.25) is 0 Å². The second kappa shape index (κ2) is 3.77. The first-order valence-electron chi connectivity index (χ1n) is 4.47. The number of halogens is 2. The fourth-order valence-electron chi connectivity index (χ4n) is 1.18. The summed E-state index contributed by atoms with van der Waals surface area (Å²) < 4.78 is 18.6. The van der Waals surface area contributed by atoms with Crippen molar-refractivity contribution in [2.45, 2.75) is 12.8 Å². The van der Waals surface area contributed by atoms with Crippen LogP contribution >= 0.6 is 15.9 Å². The van der Waals surface area contributed by atoms with E-state index in [-0.39, 0.29) is 5.75 Å². The van der Waals surface area contributed by atoms with Crippen LogP contribution in [0.5, 0.6) is 11.5 Å². The zero-order valence-corrected chi connectivity index (χ0v) is 9.05. The molecule has 0 unspecified atom stereocenters. The summed E-state index contributed by atoms with van der Waals surface area (Å²) in [6.45, 7) is 0.595. The molecule has 0 saturated heterocycles. The molecule has 4 heteroatoms. The molecule has 1 fully saturated rings. The van der Waals surface area contributed by atoms with Crippen molar-refractivity contribution in [3.05, 3.63) is 22.4 Å². The molecule has 1 N–H and O–H groups in total. The highest BCUT2D eigenvalue weighted by Crippen LogP contribution is 2.37. The summed E-state index contributed by atoms with van der Waals surface area (Å²) >= 11 is 3.14. The van der Waals surface area contributed by atoms with Gasteiger partial charge >= 0.3 is 0 Å². The van der Waals surface area contributed by atoms with Crippen LogP contribution in [0.2, 0.25) is 0 Å². The second-order valence-corrected chi connectivity index (χ2v) is 4.34. The lowest BCUT2D eigenvalue weighted by Gasteiger charge is -2.09. The third-order valence-corrected chi connectivity index (χ3v) is 2.74. The third-order valence-electron chi connectivity index (χ3n) is 2.15. The molecular formula is C10H10BrFO2. The number of aromatic hydroxyl groups is 1. The van der Waals surface area contributed by atoms with E-state index in [1.165, 1.54) is 18.9 Å². The van der Waals surface area contributed by atoms with Gasteiger partial charge in [0.1, 0.15) is 5.82 Å². The van der Waals surface area contributed by atoms with Crippen molar-refractivity contribution in [2.24, 2.45) is 5.92 Å². The van der Waals surface area contributed by atoms with Crippen LogP contribution in [-0.4, -0.2) is 11.7 Å². The molecule has 0 spiro atoms. The molecule has 0 bridgehead atoms. The van der Waals surface area contributed by atoms with Crippen LogP contribution in [0.25, 0.3) is 0 Å². The van der Waals surface area contributed by atoms with Crippen LogP contribution in [-0.2, 0) is 0 Å². The van der Waals surface area contributed by atoms with Gasteiger partial charge in [0.05, 0.1) is 11.1 Å². The van der Waals surface area contributed by atoms with Gasteiger partial charge in [0, 0.05) is 6.07 Å². The summed E-state index contributed by atoms with van der Waals surface area (Å²) in [5.74, 6) is 0.301. The Kier molecular flexibility index (Phi) is 2.63. The Morgan fingerprint density at radius 3 is 2.79 bits per heavy atom. The van der Waals surface area contributed by atoms with E-state index in [0.717, 1.165) is 6.07 Å². The lowest BCUT2D eigenvalue weighted by Crippen LogP contribution is -2.00. The minimum absolute atomic E-state index is 0.155. The van der Waals surface area contributed by atoms with E-state index < -0.39 is 5.82 Å². The first kappa shape index (κ1) is 9.77. The van der Waals surface area contributed by atoms with Crippen molar-refractivity contribution in [3.8, 4) is 11.5 Å². The minimum Gasteiger partial charge on any atom is -0.504 e. The normalized spacial score (nSPS) is 15.6. The summed E-state index contributed by atoms with van der Waals surface area (Å²) in [7, 11) is 0. The number of hydrogen-bond donors (Lipinski definition) is 1. The number of phenols is 1. The van der Waals surface area contributed by atoms with Crippen molar-refractivity contribution >= 4 is 15.9 Å². The predicted octanol–water partition coefficient (Wildman–Crippen LogP) is 3.08. The van der Waals surface area contributed by atoms with Gasteiger partial charge in [-0.3, -0.25) is 0 Å². The average Bonchev–Trinajstić information content (AvgIpc) is 2.85. The fraction of sp³-hybridized carbons (Fsp3) is 0.400. The van der Waals surface area contributed by atoms with Gasteiger partial charge in [-0.2, -0.15) is 0 Å². The maximum absolute atomic E-state index is 12.8. The molecule has 1 aromatic carbocycles. The number of hydrogen-bond acceptors (Lipinski definition) is 2. The van der Waals surface area contributed by atoms with Gasteiger partial charge in [-0.05, 0) is 40.8 Å². The Balaban J connectivity index is 2.13. The average molecular weight is 261 g/mol. The maximum Gasteiger partial charge on any atom is 0.175 e. The van der Waals surface area contributed by atoms with E-state index in [1.807, 2.05) is 0 Å². The number of benzene rings is 1. The van der Waals surface area contributed by atoms with Crippen molar-refractivity contribution < 1.29 is 14.2 Å². The van der Waals surface area contributed by atoms with Gasteiger partial charge in [0.15, 0.2) is 11.5 Å². The first-order valence-corrected chi connectivity index (χ1v) is 5.27. The van der Waals surface area contributed by atoms with Crippen molar-refractivity contribution in [3.63, 3.8) is 0 Å². The molecule has 0 atom stereocenters. The Morgan fingerprint density at radius 2 is 2.21 bits per heavy atom. The summed E-state index contributed by atoms with van der Waals surface area (Å²) in [5.41, 5.74) is 0. The highest BCUT2D eigenvalue weighted by atomic mass is 79.9. The summed E-state index contributed by atoms with van der Waals surface area (Å²) in [4.78, 5) is 0. The zero-order chi connectivity index (χ0) is 10.1. The lowest BCUT2D eigenvalue weighted by atomic mass is 10.3. The molecule has 0 aromatic heterocycles. The van der Waals surface area contributed by atoms with E-state index >= 15 is 0 Å². The number of ether oxygens (including phenoxy) is 1. The second-order valence-electron chi connectivity index (χ2n) is 3.49. The summed E-state index contributed by atoms with van der Waals surface area (Å²) in [6.07, 6.45) is 2.36. The molecule has 0 radical (unpaired) electrons. The molecular weight excluding hydrogens is 251 g/mol. The van der Waals surface area contributed by atoms with Gasteiger partial charge in [-0.1, -0.05) is 0 Å². The first-order chi connectivity index (χ1) is 6.66. The molecule has 1 aromatic rings. The van der Waals surface area contributed by atoms with Crippen LogP contribution in [0.3, 0.4) is 0 Å². The molecule has 1 saturated carbocycles. The smallest absolute Gasteiger partial charge is 0.175 e. The van der Waals surface area contributed by atoms with Crippen LogP contribution in [0.15, 0.2) is 16.6 Å². The number of rotatable bonds is 3. The lowest BCUT2D eigenvalue weighted by molar-refractivity contribution is 0.281. The van der Waals surface area contributed by atoms with Crippen LogP contribution in [0.1, 0.15) is 12.8 Å². The molecule has 1 aliphatic carbocycles. The Hall–Kier alpha value is -0.770. The van der Waals surface area contributed by atoms with Gasteiger partial charge in [-0.25, -0.2) is 4.39 Å². The van der Waals surface area contributed by atoms with Crippen LogP contribution in [0, 0.1) is 11.7 Å². The minimum atomic E-state index is -0.479. The molecule has 14 heavy (non-hydrogen) atoms. The zero-order valence-electron chi connectivity index (χ0n) is 7.46. The van der Waals surface area contributed by atoms with E-state index in [2.05, 4.69) is 15.9 Å². The molecule has 76 valence electrons. The Bertz CT molecular complexity index is 327. The molecule has 0 heterocycles. The van der Waals surface area contributed by atoms with Crippen molar-refractivity contribution in [1.29, 1.82) is 0 Å². The Morgan fingerprint density at radius 1 is 1.50 bits per heavy atom. The highest BCUT2D eigenvalue weighted by molar-refractivity contribution is 9.10. The number of phenolic OH excluding ortho intramolecular Hbond substituents is 1. The quantitative estimate of drug-likeness (QED) is 0.905. The predicted molar refractivity (Wildman–Crippen MR) is 54.0 cm³/mol. The maximum atomic E-state index is 12.8. The monoisotopic (exact) mass is 260 g/mol. The van der Waals surface area contributed by atoms with E-state index in [4.69, 9.17) is 4.74 Å². The van der Waals surface area contributed by atoms with Crippen molar-refractivity contribution in [2.75, 3.05) is 6.61 Å². The van der Waals surface area contributed by atoms with E-state index in [0.29, 0.717) is 22.7 Å².